The molecule has 4 nitrogen and oxygen atoms in total. The van der Waals surface area contributed by atoms with E-state index in [-0.39, 0.29) is 0 Å². The van der Waals surface area contributed by atoms with Crippen LogP contribution < -0.4 is 0 Å². The Balaban J connectivity index is 2.42. The first-order chi connectivity index (χ1) is 8.74. The number of ether oxygens (including phenoxy) is 1. The van der Waals surface area contributed by atoms with E-state index in [0.29, 0.717) is 23.4 Å². The van der Waals surface area contributed by atoms with Crippen molar-refractivity contribution in [3.05, 3.63) is 41.9 Å². The second kappa shape index (κ2) is 5.82. The van der Waals surface area contributed by atoms with Gasteiger partial charge in [0.25, 0.3) is 0 Å². The third-order valence-electron chi connectivity index (χ3n) is 2.31. The van der Waals surface area contributed by atoms with Crippen molar-refractivity contribution >= 4 is 21.9 Å². The molecule has 2 aromatic rings. The lowest BCUT2D eigenvalue weighted by molar-refractivity contribution is 0.0519. The molecule has 0 spiro atoms. The molecule has 0 aliphatic carbocycles. The highest BCUT2D eigenvalue weighted by atomic mass is 79.9. The Kier molecular flexibility index (Phi) is 4.15. The number of rotatable bonds is 4. The van der Waals surface area contributed by atoms with Crippen molar-refractivity contribution in [2.45, 2.75) is 12.3 Å². The van der Waals surface area contributed by atoms with E-state index < -0.39 is 5.97 Å². The van der Waals surface area contributed by atoms with Crippen LogP contribution in [0.2, 0.25) is 0 Å². The van der Waals surface area contributed by atoms with Crippen molar-refractivity contribution in [2.24, 2.45) is 0 Å². The molecule has 0 aliphatic rings. The summed E-state index contributed by atoms with van der Waals surface area (Å²) in [6.07, 6.45) is 1.59. The molecule has 0 N–H and O–H groups in total. The van der Waals surface area contributed by atoms with Gasteiger partial charge in [0.15, 0.2) is 0 Å². The molecule has 2 heterocycles. The highest BCUT2D eigenvalue weighted by Crippen LogP contribution is 2.22. The number of halogens is 1. The Bertz CT molecular complexity index is 537. The third kappa shape index (κ3) is 2.79. The maximum Gasteiger partial charge on any atom is 0.356 e. The Morgan fingerprint density at radius 3 is 2.94 bits per heavy atom. The van der Waals surface area contributed by atoms with Crippen LogP contribution in [0.4, 0.5) is 0 Å². The first-order valence-corrected chi connectivity index (χ1v) is 6.64. The van der Waals surface area contributed by atoms with Crippen molar-refractivity contribution in [1.29, 1.82) is 0 Å². The largest absolute Gasteiger partial charge is 0.464 e. The average Bonchev–Trinajstić information content (AvgIpc) is 2.92. The number of hydrogen-bond donors (Lipinski definition) is 0. The van der Waals surface area contributed by atoms with E-state index in [1.807, 2.05) is 12.1 Å². The number of pyridine rings is 1. The molecule has 2 aromatic heterocycles. The molecule has 0 aromatic carbocycles. The summed E-state index contributed by atoms with van der Waals surface area (Å²) < 4.78 is 10.3. The molecule has 5 heteroatoms. The molecule has 0 bridgehead atoms. The average molecular weight is 310 g/mol. The van der Waals surface area contributed by atoms with Gasteiger partial charge in [0, 0.05) is 10.9 Å². The summed E-state index contributed by atoms with van der Waals surface area (Å²) >= 11 is 3.33. The van der Waals surface area contributed by atoms with Crippen LogP contribution in [0.3, 0.4) is 0 Å². The topological polar surface area (TPSA) is 52.3 Å². The van der Waals surface area contributed by atoms with Crippen molar-refractivity contribution in [2.75, 3.05) is 6.61 Å². The summed E-state index contributed by atoms with van der Waals surface area (Å²) in [7, 11) is 0. The molecule has 0 amide bonds. The van der Waals surface area contributed by atoms with Crippen molar-refractivity contribution < 1.29 is 13.9 Å². The number of aromatic nitrogens is 1. The minimum absolute atomic E-state index is 0.292. The zero-order valence-corrected chi connectivity index (χ0v) is 11.4. The van der Waals surface area contributed by atoms with E-state index in [4.69, 9.17) is 9.15 Å². The summed E-state index contributed by atoms with van der Waals surface area (Å²) in [5, 5.41) is 0.563. The Morgan fingerprint density at radius 1 is 1.50 bits per heavy atom. The van der Waals surface area contributed by atoms with Crippen LogP contribution in [0.1, 0.15) is 23.1 Å². The zero-order chi connectivity index (χ0) is 13.0. The summed E-state index contributed by atoms with van der Waals surface area (Å²) in [6.45, 7) is 2.09. The van der Waals surface area contributed by atoms with Gasteiger partial charge in [-0.05, 0) is 31.2 Å². The fraction of sp³-hybridized carbons (Fsp3) is 0.231. The van der Waals surface area contributed by atoms with E-state index in [9.17, 15) is 4.79 Å². The van der Waals surface area contributed by atoms with Gasteiger partial charge in [-0.2, -0.15) is 0 Å². The van der Waals surface area contributed by atoms with Crippen molar-refractivity contribution in [3.63, 3.8) is 0 Å². The molecular formula is C13H12BrNO3. The number of furan rings is 1. The highest BCUT2D eigenvalue weighted by Gasteiger charge is 2.13. The van der Waals surface area contributed by atoms with Gasteiger partial charge in [-0.1, -0.05) is 15.9 Å². The van der Waals surface area contributed by atoms with E-state index >= 15 is 0 Å². The normalized spacial score (nSPS) is 10.3. The van der Waals surface area contributed by atoms with Gasteiger partial charge in [0.1, 0.15) is 11.5 Å². The monoisotopic (exact) mass is 309 g/mol. The maximum atomic E-state index is 11.7. The van der Waals surface area contributed by atoms with Crippen LogP contribution in [-0.4, -0.2) is 17.6 Å². The predicted molar refractivity (Wildman–Crippen MR) is 70.5 cm³/mol. The van der Waals surface area contributed by atoms with Crippen molar-refractivity contribution in [1.82, 2.24) is 4.98 Å². The third-order valence-corrected chi connectivity index (χ3v) is 2.88. The Hall–Kier alpha value is -1.62. The van der Waals surface area contributed by atoms with Crippen LogP contribution in [0.15, 0.2) is 34.9 Å². The number of esters is 1. The minimum Gasteiger partial charge on any atom is -0.464 e. The molecule has 0 unspecified atom stereocenters. The molecule has 0 radical (unpaired) electrons. The molecule has 0 aliphatic heterocycles. The zero-order valence-electron chi connectivity index (χ0n) is 9.85. The van der Waals surface area contributed by atoms with E-state index in [0.717, 1.165) is 11.3 Å². The lowest BCUT2D eigenvalue weighted by Crippen LogP contribution is -2.08. The number of hydrogen-bond acceptors (Lipinski definition) is 4. The second-order valence-corrected chi connectivity index (χ2v) is 4.12. The lowest BCUT2D eigenvalue weighted by Gasteiger charge is -2.05. The van der Waals surface area contributed by atoms with E-state index in [1.54, 1.807) is 25.3 Å². The van der Waals surface area contributed by atoms with Gasteiger partial charge < -0.3 is 9.15 Å². The first kappa shape index (κ1) is 12.8. The first-order valence-electron chi connectivity index (χ1n) is 5.52. The summed E-state index contributed by atoms with van der Waals surface area (Å²) in [6, 6.07) is 7.18. The van der Waals surface area contributed by atoms with E-state index in [1.165, 1.54) is 0 Å². The Morgan fingerprint density at radius 2 is 2.33 bits per heavy atom. The lowest BCUT2D eigenvalue weighted by atomic mass is 10.1. The number of nitrogens with zero attached hydrogens (tertiary/aromatic N) is 1. The number of carbonyl (C=O) groups is 1. The molecule has 0 saturated carbocycles. The van der Waals surface area contributed by atoms with Gasteiger partial charge in [-0.25, -0.2) is 9.78 Å². The van der Waals surface area contributed by atoms with Gasteiger partial charge in [0.05, 0.1) is 18.6 Å². The molecule has 2 rings (SSSR count). The fourth-order valence-corrected chi connectivity index (χ4v) is 1.84. The maximum absolute atomic E-state index is 11.7. The van der Waals surface area contributed by atoms with Crippen LogP contribution in [0.5, 0.6) is 0 Å². The second-order valence-electron chi connectivity index (χ2n) is 3.56. The summed E-state index contributed by atoms with van der Waals surface area (Å²) in [5.41, 5.74) is 1.86. The van der Waals surface area contributed by atoms with Gasteiger partial charge >= 0.3 is 5.97 Å². The SMILES string of the molecule is CCOC(=O)c1cc(-c2ccco2)cc(CBr)n1. The predicted octanol–water partition coefficient (Wildman–Crippen LogP) is 3.41. The molecule has 0 atom stereocenters. The summed E-state index contributed by atoms with van der Waals surface area (Å²) in [5.74, 6) is 0.276. The fourth-order valence-electron chi connectivity index (χ4n) is 1.55. The van der Waals surface area contributed by atoms with Crippen LogP contribution in [-0.2, 0) is 10.1 Å². The summed E-state index contributed by atoms with van der Waals surface area (Å²) in [4.78, 5) is 15.9. The van der Waals surface area contributed by atoms with Crippen LogP contribution >= 0.6 is 15.9 Å². The van der Waals surface area contributed by atoms with Crippen LogP contribution in [0.25, 0.3) is 11.3 Å². The molecule has 18 heavy (non-hydrogen) atoms. The highest BCUT2D eigenvalue weighted by molar-refractivity contribution is 9.08. The smallest absolute Gasteiger partial charge is 0.356 e. The molecular weight excluding hydrogens is 298 g/mol. The van der Waals surface area contributed by atoms with Crippen molar-refractivity contribution in [3.8, 4) is 11.3 Å². The van der Waals surface area contributed by atoms with E-state index in [2.05, 4.69) is 20.9 Å². The standard InChI is InChI=1S/C13H12BrNO3/c1-2-17-13(16)11-7-9(6-10(8-14)15-11)12-4-3-5-18-12/h3-7H,2,8H2,1H3. The number of carbonyl (C=O) groups excluding carboxylic acids is 1. The minimum atomic E-state index is -0.423. The molecule has 94 valence electrons. The number of alkyl halides is 1. The Labute approximate surface area is 113 Å². The molecule has 0 saturated heterocycles. The quantitative estimate of drug-likeness (QED) is 0.641. The van der Waals surface area contributed by atoms with Gasteiger partial charge in [-0.15, -0.1) is 0 Å². The van der Waals surface area contributed by atoms with Gasteiger partial charge in [-0.3, -0.25) is 0 Å². The van der Waals surface area contributed by atoms with Crippen LogP contribution in [0, 0.1) is 0 Å². The van der Waals surface area contributed by atoms with Gasteiger partial charge in [0.2, 0.25) is 0 Å². The molecule has 0 fully saturated rings.